The lowest BCUT2D eigenvalue weighted by atomic mass is 9.68. The van der Waals surface area contributed by atoms with Crippen LogP contribution < -0.4 is 5.73 Å². The molecule has 0 heterocycles. The van der Waals surface area contributed by atoms with Crippen LogP contribution in [0.25, 0.3) is 0 Å². The molecule has 1 fully saturated rings. The average Bonchev–Trinajstić information content (AvgIpc) is 2.18. The van der Waals surface area contributed by atoms with Crippen molar-refractivity contribution >= 4 is 0 Å². The van der Waals surface area contributed by atoms with Gasteiger partial charge < -0.3 is 5.73 Å². The standard InChI is InChI=1S/C13H27N/c1-4-7-11(3)13(14)9-6-8-12(5-2)10-13/h11-12H,4-10,14H2,1-3H3. The van der Waals surface area contributed by atoms with Crippen LogP contribution in [0.5, 0.6) is 0 Å². The first kappa shape index (κ1) is 12.0. The van der Waals surface area contributed by atoms with Gasteiger partial charge in [-0.2, -0.15) is 0 Å². The first-order chi connectivity index (χ1) is 6.62. The molecule has 0 aromatic heterocycles. The largest absolute Gasteiger partial charge is 0.325 e. The van der Waals surface area contributed by atoms with Gasteiger partial charge in [-0.05, 0) is 31.1 Å². The summed E-state index contributed by atoms with van der Waals surface area (Å²) in [6.07, 6.45) is 9.17. The first-order valence-electron chi connectivity index (χ1n) is 6.41. The molecule has 1 nitrogen and oxygen atoms in total. The lowest BCUT2D eigenvalue weighted by Crippen LogP contribution is -2.49. The molecule has 0 saturated heterocycles. The Hall–Kier alpha value is -0.0400. The maximum atomic E-state index is 6.55. The molecule has 1 heteroatoms. The molecule has 3 atom stereocenters. The molecule has 1 saturated carbocycles. The highest BCUT2D eigenvalue weighted by atomic mass is 14.8. The number of hydrogen-bond donors (Lipinski definition) is 1. The third-order valence-corrected chi connectivity index (χ3v) is 4.20. The maximum Gasteiger partial charge on any atom is 0.0182 e. The Morgan fingerprint density at radius 2 is 2.14 bits per heavy atom. The lowest BCUT2D eigenvalue weighted by molar-refractivity contribution is 0.152. The summed E-state index contributed by atoms with van der Waals surface area (Å²) in [7, 11) is 0. The van der Waals surface area contributed by atoms with Crippen molar-refractivity contribution in [1.29, 1.82) is 0 Å². The SMILES string of the molecule is CCCC(C)C1(N)CCCC(CC)C1. The van der Waals surface area contributed by atoms with Gasteiger partial charge in [0.2, 0.25) is 0 Å². The molecular formula is C13H27N. The van der Waals surface area contributed by atoms with Gasteiger partial charge in [0.15, 0.2) is 0 Å². The molecule has 1 aliphatic carbocycles. The molecule has 1 rings (SSSR count). The van der Waals surface area contributed by atoms with E-state index < -0.39 is 0 Å². The Morgan fingerprint density at radius 3 is 2.71 bits per heavy atom. The second-order valence-corrected chi connectivity index (χ2v) is 5.29. The number of nitrogens with two attached hydrogens (primary N) is 1. The zero-order valence-electron chi connectivity index (χ0n) is 10.2. The van der Waals surface area contributed by atoms with E-state index in [4.69, 9.17) is 5.73 Å². The van der Waals surface area contributed by atoms with Crippen molar-refractivity contribution in [2.45, 2.75) is 71.3 Å². The smallest absolute Gasteiger partial charge is 0.0182 e. The molecule has 0 spiro atoms. The summed E-state index contributed by atoms with van der Waals surface area (Å²) >= 11 is 0. The van der Waals surface area contributed by atoms with Gasteiger partial charge >= 0.3 is 0 Å². The third kappa shape index (κ3) is 2.73. The number of hydrogen-bond acceptors (Lipinski definition) is 1. The molecule has 3 unspecified atom stereocenters. The predicted molar refractivity (Wildman–Crippen MR) is 63.2 cm³/mol. The summed E-state index contributed by atoms with van der Waals surface area (Å²) in [5.41, 5.74) is 6.72. The van der Waals surface area contributed by atoms with Crippen LogP contribution in [0, 0.1) is 11.8 Å². The fraction of sp³-hybridized carbons (Fsp3) is 1.00. The van der Waals surface area contributed by atoms with Crippen molar-refractivity contribution in [1.82, 2.24) is 0 Å². The maximum absolute atomic E-state index is 6.55. The summed E-state index contributed by atoms with van der Waals surface area (Å²) in [5, 5.41) is 0. The lowest BCUT2D eigenvalue weighted by Gasteiger charge is -2.42. The minimum Gasteiger partial charge on any atom is -0.325 e. The Balaban J connectivity index is 2.53. The quantitative estimate of drug-likeness (QED) is 0.730. The Labute approximate surface area is 89.5 Å². The van der Waals surface area contributed by atoms with E-state index in [-0.39, 0.29) is 5.54 Å². The van der Waals surface area contributed by atoms with Crippen LogP contribution in [0.1, 0.15) is 65.7 Å². The summed E-state index contributed by atoms with van der Waals surface area (Å²) in [5.74, 6) is 1.61. The van der Waals surface area contributed by atoms with Crippen LogP contribution in [0.4, 0.5) is 0 Å². The van der Waals surface area contributed by atoms with Crippen LogP contribution in [0.3, 0.4) is 0 Å². The molecular weight excluding hydrogens is 170 g/mol. The molecule has 0 aromatic rings. The molecule has 2 N–H and O–H groups in total. The molecule has 0 radical (unpaired) electrons. The summed E-state index contributed by atoms with van der Waals surface area (Å²) in [6, 6.07) is 0. The van der Waals surface area contributed by atoms with Gasteiger partial charge in [-0.15, -0.1) is 0 Å². The highest BCUT2D eigenvalue weighted by Gasteiger charge is 2.35. The van der Waals surface area contributed by atoms with Crippen LogP contribution in [0.2, 0.25) is 0 Å². The Kier molecular flexibility index (Phi) is 4.43. The monoisotopic (exact) mass is 197 g/mol. The second kappa shape index (κ2) is 5.16. The fourth-order valence-corrected chi connectivity index (χ4v) is 2.98. The molecule has 0 amide bonds. The third-order valence-electron chi connectivity index (χ3n) is 4.20. The van der Waals surface area contributed by atoms with Crippen LogP contribution in [-0.2, 0) is 0 Å². The van der Waals surface area contributed by atoms with Crippen molar-refractivity contribution in [3.63, 3.8) is 0 Å². The van der Waals surface area contributed by atoms with Gasteiger partial charge in [-0.3, -0.25) is 0 Å². The topological polar surface area (TPSA) is 26.0 Å². The van der Waals surface area contributed by atoms with Gasteiger partial charge in [-0.25, -0.2) is 0 Å². The van der Waals surface area contributed by atoms with E-state index in [0.717, 1.165) is 5.92 Å². The highest BCUT2D eigenvalue weighted by molar-refractivity contribution is 4.94. The normalized spacial score (nSPS) is 35.6. The molecule has 84 valence electrons. The van der Waals surface area contributed by atoms with E-state index in [0.29, 0.717) is 5.92 Å². The van der Waals surface area contributed by atoms with E-state index in [1.165, 1.54) is 44.9 Å². The molecule has 0 aliphatic heterocycles. The van der Waals surface area contributed by atoms with E-state index in [9.17, 15) is 0 Å². The van der Waals surface area contributed by atoms with Crippen LogP contribution in [0.15, 0.2) is 0 Å². The van der Waals surface area contributed by atoms with E-state index in [1.807, 2.05) is 0 Å². The van der Waals surface area contributed by atoms with Crippen molar-refractivity contribution in [2.75, 3.05) is 0 Å². The zero-order valence-corrected chi connectivity index (χ0v) is 10.2. The van der Waals surface area contributed by atoms with Crippen LogP contribution in [-0.4, -0.2) is 5.54 Å². The minimum absolute atomic E-state index is 0.162. The first-order valence-corrected chi connectivity index (χ1v) is 6.41. The fourth-order valence-electron chi connectivity index (χ4n) is 2.98. The van der Waals surface area contributed by atoms with Gasteiger partial charge in [-0.1, -0.05) is 46.5 Å². The van der Waals surface area contributed by atoms with Gasteiger partial charge in [0.05, 0.1) is 0 Å². The van der Waals surface area contributed by atoms with Crippen molar-refractivity contribution in [3.8, 4) is 0 Å². The van der Waals surface area contributed by atoms with Crippen molar-refractivity contribution in [3.05, 3.63) is 0 Å². The molecule has 0 bridgehead atoms. The predicted octanol–water partition coefficient (Wildman–Crippen LogP) is 3.72. The summed E-state index contributed by atoms with van der Waals surface area (Å²) < 4.78 is 0. The van der Waals surface area contributed by atoms with E-state index in [2.05, 4.69) is 20.8 Å². The Bertz CT molecular complexity index is 167. The molecule has 14 heavy (non-hydrogen) atoms. The molecule has 0 aromatic carbocycles. The van der Waals surface area contributed by atoms with Crippen molar-refractivity contribution < 1.29 is 0 Å². The van der Waals surface area contributed by atoms with E-state index >= 15 is 0 Å². The van der Waals surface area contributed by atoms with E-state index in [1.54, 1.807) is 0 Å². The Morgan fingerprint density at radius 1 is 1.43 bits per heavy atom. The van der Waals surface area contributed by atoms with Gasteiger partial charge in [0.1, 0.15) is 0 Å². The minimum atomic E-state index is 0.162. The summed E-state index contributed by atoms with van der Waals surface area (Å²) in [6.45, 7) is 6.92. The van der Waals surface area contributed by atoms with Gasteiger partial charge in [0, 0.05) is 5.54 Å². The summed E-state index contributed by atoms with van der Waals surface area (Å²) in [4.78, 5) is 0. The average molecular weight is 197 g/mol. The second-order valence-electron chi connectivity index (χ2n) is 5.29. The zero-order chi connectivity index (χ0) is 10.6. The number of rotatable bonds is 4. The van der Waals surface area contributed by atoms with Crippen LogP contribution >= 0.6 is 0 Å². The molecule has 1 aliphatic rings. The van der Waals surface area contributed by atoms with Crippen molar-refractivity contribution in [2.24, 2.45) is 17.6 Å². The van der Waals surface area contributed by atoms with Gasteiger partial charge in [0.25, 0.3) is 0 Å². The highest BCUT2D eigenvalue weighted by Crippen LogP contribution is 2.38.